The summed E-state index contributed by atoms with van der Waals surface area (Å²) in [7, 11) is 0. The summed E-state index contributed by atoms with van der Waals surface area (Å²) in [6, 6.07) is 1.60. The number of fused-ring (bicyclic) bond motifs is 1. The number of carbonyl (C=O) groups is 2. The second kappa shape index (κ2) is 6.17. The lowest BCUT2D eigenvalue weighted by Gasteiger charge is -2.26. The van der Waals surface area contributed by atoms with E-state index in [0.717, 1.165) is 0 Å². The number of carbonyl (C=O) groups excluding carboxylic acids is 2. The molecule has 2 aliphatic rings. The zero-order valence-corrected chi connectivity index (χ0v) is 14.3. The van der Waals surface area contributed by atoms with Crippen molar-refractivity contribution in [2.75, 3.05) is 32.8 Å². The minimum Gasteiger partial charge on any atom is -0.396 e. The van der Waals surface area contributed by atoms with Gasteiger partial charge in [0.05, 0.1) is 12.8 Å². The van der Waals surface area contributed by atoms with E-state index in [9.17, 15) is 14.7 Å². The number of hydrogen-bond acceptors (Lipinski definition) is 7. The van der Waals surface area contributed by atoms with Crippen LogP contribution in [0, 0.1) is 18.3 Å². The van der Waals surface area contributed by atoms with Crippen molar-refractivity contribution >= 4 is 11.8 Å². The molecular formula is C17H19N5O4. The number of aliphatic hydroxyl groups excluding tert-OH is 1. The molecule has 0 radical (unpaired) electrons. The molecule has 2 aromatic rings. The first kappa shape index (κ1) is 16.6. The maximum Gasteiger partial charge on any atom is 0.276 e. The maximum atomic E-state index is 12.6. The number of likely N-dealkylation sites (tertiary alicyclic amines) is 2. The van der Waals surface area contributed by atoms with E-state index >= 15 is 0 Å². The summed E-state index contributed by atoms with van der Waals surface area (Å²) >= 11 is 0. The third-order valence-electron chi connectivity index (χ3n) is 5.28. The fourth-order valence-electron chi connectivity index (χ4n) is 3.91. The topological polar surface area (TPSA) is 113 Å². The quantitative estimate of drug-likeness (QED) is 0.821. The van der Waals surface area contributed by atoms with Crippen LogP contribution in [0.4, 0.5) is 0 Å². The first-order chi connectivity index (χ1) is 12.5. The average molecular weight is 357 g/mol. The Hall–Kier alpha value is -2.81. The van der Waals surface area contributed by atoms with Crippen molar-refractivity contribution in [3.05, 3.63) is 41.8 Å². The number of aliphatic hydroxyl groups is 1. The zero-order chi connectivity index (χ0) is 18.3. The summed E-state index contributed by atoms with van der Waals surface area (Å²) in [6.07, 6.45) is 4.43. The van der Waals surface area contributed by atoms with Gasteiger partial charge in [0.1, 0.15) is 11.5 Å². The molecule has 9 nitrogen and oxygen atoms in total. The van der Waals surface area contributed by atoms with Gasteiger partial charge in [0.15, 0.2) is 5.69 Å². The Kier molecular flexibility index (Phi) is 3.95. The Balaban J connectivity index is 1.49. The van der Waals surface area contributed by atoms with Crippen LogP contribution in [0.3, 0.4) is 0 Å². The molecule has 0 bridgehead atoms. The third-order valence-corrected chi connectivity index (χ3v) is 5.28. The van der Waals surface area contributed by atoms with E-state index in [2.05, 4.69) is 15.1 Å². The summed E-state index contributed by atoms with van der Waals surface area (Å²) in [5.41, 5.74) is 0.0291. The molecule has 4 heterocycles. The van der Waals surface area contributed by atoms with E-state index in [-0.39, 0.29) is 35.7 Å². The van der Waals surface area contributed by atoms with Crippen molar-refractivity contribution in [2.24, 2.45) is 11.3 Å². The number of aryl methyl sites for hydroxylation is 1. The number of hydrogen-bond donors (Lipinski definition) is 1. The van der Waals surface area contributed by atoms with Crippen LogP contribution in [0.1, 0.15) is 26.7 Å². The molecule has 2 saturated heterocycles. The predicted molar refractivity (Wildman–Crippen MR) is 88.1 cm³/mol. The number of rotatable bonds is 3. The first-order valence-corrected chi connectivity index (χ1v) is 8.41. The van der Waals surface area contributed by atoms with Crippen LogP contribution >= 0.6 is 0 Å². The van der Waals surface area contributed by atoms with Crippen molar-refractivity contribution in [2.45, 2.75) is 6.92 Å². The predicted octanol–water partition coefficient (Wildman–Crippen LogP) is -0.0203. The van der Waals surface area contributed by atoms with Gasteiger partial charge in [0.2, 0.25) is 0 Å². The van der Waals surface area contributed by atoms with Crippen molar-refractivity contribution in [1.29, 1.82) is 0 Å². The molecule has 26 heavy (non-hydrogen) atoms. The van der Waals surface area contributed by atoms with Crippen molar-refractivity contribution in [3.8, 4) is 0 Å². The summed E-state index contributed by atoms with van der Waals surface area (Å²) in [5.74, 6) is 0.164. The molecule has 0 saturated carbocycles. The number of amides is 2. The van der Waals surface area contributed by atoms with E-state index < -0.39 is 5.41 Å². The van der Waals surface area contributed by atoms with Gasteiger partial charge in [-0.15, -0.1) is 0 Å². The highest BCUT2D eigenvalue weighted by Gasteiger charge is 2.54. The highest BCUT2D eigenvalue weighted by Crippen LogP contribution is 2.42. The van der Waals surface area contributed by atoms with Gasteiger partial charge in [-0.05, 0) is 6.92 Å². The van der Waals surface area contributed by atoms with Crippen LogP contribution < -0.4 is 0 Å². The summed E-state index contributed by atoms with van der Waals surface area (Å²) in [6.45, 7) is 3.33. The molecule has 136 valence electrons. The van der Waals surface area contributed by atoms with Gasteiger partial charge in [-0.3, -0.25) is 14.6 Å². The molecule has 0 aromatic carbocycles. The normalized spacial score (nSPS) is 24.8. The molecule has 9 heteroatoms. The molecule has 2 amide bonds. The lowest BCUT2D eigenvalue weighted by molar-refractivity contribution is 0.0659. The van der Waals surface area contributed by atoms with Crippen LogP contribution in [0.5, 0.6) is 0 Å². The Morgan fingerprint density at radius 2 is 1.92 bits per heavy atom. The standard InChI is InChI=1S/C17H19N5O4/c1-11-4-13(20-26-11)15(24)21-6-12-7-22(9-17(12,8-21)10-23)16(25)14-5-18-2-3-19-14/h2-5,12,23H,6-10H2,1H3/t12-,17+/m0/s1. The minimum atomic E-state index is -0.522. The van der Waals surface area contributed by atoms with E-state index in [0.29, 0.717) is 31.9 Å². The molecule has 1 N–H and O–H groups in total. The SMILES string of the molecule is Cc1cc(C(=O)N2C[C@H]3CN(C(=O)c4cnccn4)C[C@@]3(CO)C2)no1. The van der Waals surface area contributed by atoms with E-state index in [4.69, 9.17) is 4.52 Å². The molecule has 2 fully saturated rings. The third kappa shape index (κ3) is 2.64. The molecule has 4 rings (SSSR count). The fraction of sp³-hybridized carbons (Fsp3) is 0.471. The highest BCUT2D eigenvalue weighted by atomic mass is 16.5. The van der Waals surface area contributed by atoms with Crippen LogP contribution in [0.2, 0.25) is 0 Å². The van der Waals surface area contributed by atoms with Gasteiger partial charge < -0.3 is 19.4 Å². The van der Waals surface area contributed by atoms with Gasteiger partial charge in [-0.2, -0.15) is 0 Å². The molecule has 0 unspecified atom stereocenters. The monoisotopic (exact) mass is 357 g/mol. The lowest BCUT2D eigenvalue weighted by atomic mass is 9.82. The minimum absolute atomic E-state index is 0.00469. The summed E-state index contributed by atoms with van der Waals surface area (Å²) < 4.78 is 4.98. The van der Waals surface area contributed by atoms with Gasteiger partial charge >= 0.3 is 0 Å². The molecule has 2 aliphatic heterocycles. The van der Waals surface area contributed by atoms with Gasteiger partial charge in [0, 0.05) is 56.0 Å². The van der Waals surface area contributed by atoms with Gasteiger partial charge in [0.25, 0.3) is 11.8 Å². The van der Waals surface area contributed by atoms with Crippen molar-refractivity contribution in [1.82, 2.24) is 24.9 Å². The van der Waals surface area contributed by atoms with E-state index in [1.54, 1.807) is 22.8 Å². The Labute approximate surface area is 149 Å². The Morgan fingerprint density at radius 3 is 2.42 bits per heavy atom. The second-order valence-corrected chi connectivity index (χ2v) is 7.00. The summed E-state index contributed by atoms with van der Waals surface area (Å²) in [5, 5.41) is 13.8. The van der Waals surface area contributed by atoms with Crippen LogP contribution in [0.25, 0.3) is 0 Å². The van der Waals surface area contributed by atoms with Crippen LogP contribution in [-0.4, -0.2) is 74.6 Å². The lowest BCUT2D eigenvalue weighted by Crippen LogP contribution is -2.40. The number of aromatic nitrogens is 3. The van der Waals surface area contributed by atoms with Crippen molar-refractivity contribution < 1.29 is 19.2 Å². The zero-order valence-electron chi connectivity index (χ0n) is 14.3. The average Bonchev–Trinajstić information content (AvgIpc) is 3.33. The molecule has 2 atom stereocenters. The molecule has 0 spiro atoms. The number of nitrogens with zero attached hydrogens (tertiary/aromatic N) is 5. The van der Waals surface area contributed by atoms with Crippen LogP contribution in [0.15, 0.2) is 29.2 Å². The van der Waals surface area contributed by atoms with Crippen molar-refractivity contribution in [3.63, 3.8) is 0 Å². The molecule has 0 aliphatic carbocycles. The fourth-order valence-corrected chi connectivity index (χ4v) is 3.91. The van der Waals surface area contributed by atoms with E-state index in [1.807, 2.05) is 0 Å². The van der Waals surface area contributed by atoms with Gasteiger partial charge in [-0.1, -0.05) is 5.16 Å². The maximum absolute atomic E-state index is 12.6. The van der Waals surface area contributed by atoms with Crippen LogP contribution in [-0.2, 0) is 0 Å². The highest BCUT2D eigenvalue weighted by molar-refractivity contribution is 5.93. The molecule has 2 aromatic heterocycles. The molecular weight excluding hydrogens is 338 g/mol. The smallest absolute Gasteiger partial charge is 0.276 e. The van der Waals surface area contributed by atoms with Gasteiger partial charge in [-0.25, -0.2) is 4.98 Å². The largest absolute Gasteiger partial charge is 0.396 e. The summed E-state index contributed by atoms with van der Waals surface area (Å²) in [4.78, 5) is 36.6. The second-order valence-electron chi connectivity index (χ2n) is 7.00. The van der Waals surface area contributed by atoms with E-state index in [1.165, 1.54) is 18.6 Å². The Morgan fingerprint density at radius 1 is 1.23 bits per heavy atom. The first-order valence-electron chi connectivity index (χ1n) is 8.41. The Bertz CT molecular complexity index is 839.